The first-order valence-electron chi connectivity index (χ1n) is 7.31. The fourth-order valence-corrected chi connectivity index (χ4v) is 1.91. The molecule has 0 atom stereocenters. The van der Waals surface area contributed by atoms with E-state index in [9.17, 15) is 27.5 Å². The van der Waals surface area contributed by atoms with E-state index in [1.165, 1.54) is 19.1 Å². The molecule has 0 saturated heterocycles. The maximum absolute atomic E-state index is 13.9. The molecule has 0 fully saturated rings. The molecule has 2 rings (SSSR count). The van der Waals surface area contributed by atoms with Gasteiger partial charge in [-0.3, -0.25) is 4.99 Å². The quantitative estimate of drug-likeness (QED) is 0.107. The predicted molar refractivity (Wildman–Crippen MR) is 85.9 cm³/mol. The fraction of sp³-hybridized carbons (Fsp3) is 0.111. The molecule has 1 radical (unpaired) electrons. The molecule has 4 nitrogen and oxygen atoms in total. The van der Waals surface area contributed by atoms with E-state index in [1.807, 2.05) is 0 Å². The number of ether oxygens (including phenoxy) is 1. The van der Waals surface area contributed by atoms with Crippen LogP contribution >= 0.6 is 0 Å². The van der Waals surface area contributed by atoms with Gasteiger partial charge in [-0.2, -0.15) is 24.3 Å². The van der Waals surface area contributed by atoms with Gasteiger partial charge < -0.3 is 9.84 Å². The molecule has 0 amide bonds. The maximum atomic E-state index is 13.9. The Morgan fingerprint density at radius 2 is 1.93 bits per heavy atom. The van der Waals surface area contributed by atoms with Crippen molar-refractivity contribution in [2.45, 2.75) is 6.92 Å². The van der Waals surface area contributed by atoms with Crippen molar-refractivity contribution in [1.82, 2.24) is 0 Å². The van der Waals surface area contributed by atoms with Crippen molar-refractivity contribution in [2.24, 2.45) is 4.99 Å². The molecule has 1 N–H and O–H groups in total. The number of aliphatic hydroxyl groups is 1. The second kappa shape index (κ2) is 10.3. The summed E-state index contributed by atoms with van der Waals surface area (Å²) in [6.07, 6.45) is 0.831. The Kier molecular flexibility index (Phi) is 8.79. The summed E-state index contributed by atoms with van der Waals surface area (Å²) in [6.45, 7) is 1.39. The first-order valence-corrected chi connectivity index (χ1v) is 7.31. The minimum atomic E-state index is -2.12. The van der Waals surface area contributed by atoms with Gasteiger partial charge in [0.15, 0.2) is 23.3 Å². The van der Waals surface area contributed by atoms with Crippen molar-refractivity contribution in [3.8, 4) is 0 Å². The predicted octanol–water partition coefficient (Wildman–Crippen LogP) is 4.28. The number of rotatable bonds is 5. The molecule has 0 aromatic heterocycles. The second-order valence-corrected chi connectivity index (χ2v) is 4.84. The average molecular weight is 455 g/mol. The first kappa shape index (κ1) is 23.0. The maximum Gasteiger partial charge on any atom is 0.343 e. The summed E-state index contributed by atoms with van der Waals surface area (Å²) in [5.74, 6) is -10.0. The van der Waals surface area contributed by atoms with E-state index >= 15 is 0 Å². The zero-order valence-electron chi connectivity index (χ0n) is 14.0. The van der Waals surface area contributed by atoms with Gasteiger partial charge in [-0.25, -0.2) is 22.4 Å². The molecular weight excluding hydrogens is 443 g/mol. The van der Waals surface area contributed by atoms with Crippen LogP contribution in [0.4, 0.5) is 23.2 Å². The second-order valence-electron chi connectivity index (χ2n) is 4.84. The number of esters is 1. The Morgan fingerprint density at radius 3 is 2.52 bits per heavy atom. The standard InChI is InChI=1S/C18H12F4NO3.Y/c1-2-26-18(25)12(9-23-10-6-4-3-5-7-10)17(24)11-8-13(19)15(21)16(22)14(11)20;/h3-6,8-9,24H,2H2,1H3;/q-1;/b17-12-,23-9?;. The van der Waals surface area contributed by atoms with Crippen molar-refractivity contribution < 1.29 is 64.9 Å². The third-order valence-corrected chi connectivity index (χ3v) is 3.13. The van der Waals surface area contributed by atoms with Crippen LogP contribution in [0, 0.1) is 29.3 Å². The third kappa shape index (κ3) is 5.46. The number of nitrogens with zero attached hydrogens (tertiary/aromatic N) is 1. The zero-order valence-corrected chi connectivity index (χ0v) is 16.8. The molecule has 0 aliphatic carbocycles. The van der Waals surface area contributed by atoms with Gasteiger partial charge in [-0.15, -0.1) is 6.07 Å². The van der Waals surface area contributed by atoms with Gasteiger partial charge >= 0.3 is 5.97 Å². The van der Waals surface area contributed by atoms with Crippen molar-refractivity contribution in [3.05, 3.63) is 70.8 Å². The summed E-state index contributed by atoms with van der Waals surface area (Å²) >= 11 is 0. The van der Waals surface area contributed by atoms with Gasteiger partial charge in [0.1, 0.15) is 11.3 Å². The van der Waals surface area contributed by atoms with E-state index in [1.54, 1.807) is 12.1 Å². The van der Waals surface area contributed by atoms with E-state index in [2.05, 4.69) is 11.1 Å². The molecule has 0 unspecified atom stereocenters. The van der Waals surface area contributed by atoms with Crippen molar-refractivity contribution >= 4 is 23.6 Å². The number of para-hydroxylation sites is 1. The van der Waals surface area contributed by atoms with E-state index in [-0.39, 0.29) is 51.1 Å². The van der Waals surface area contributed by atoms with Crippen LogP contribution in [0.25, 0.3) is 5.76 Å². The van der Waals surface area contributed by atoms with Crippen molar-refractivity contribution in [2.75, 3.05) is 6.61 Å². The summed E-state index contributed by atoms with van der Waals surface area (Å²) in [4.78, 5) is 15.9. The number of aliphatic hydroxyl groups excluding tert-OH is 1. The third-order valence-electron chi connectivity index (χ3n) is 3.13. The summed E-state index contributed by atoms with van der Waals surface area (Å²) < 4.78 is 58.4. The fourth-order valence-electron chi connectivity index (χ4n) is 1.91. The van der Waals surface area contributed by atoms with Gasteiger partial charge in [0, 0.05) is 38.9 Å². The van der Waals surface area contributed by atoms with Gasteiger partial charge in [-0.1, -0.05) is 0 Å². The molecule has 0 aliphatic heterocycles. The molecule has 0 heterocycles. The number of carbonyl (C=O) groups excluding carboxylic acids is 1. The van der Waals surface area contributed by atoms with Crippen LogP contribution in [0.15, 0.2) is 40.9 Å². The smallest absolute Gasteiger partial charge is 0.343 e. The molecule has 0 spiro atoms. The van der Waals surface area contributed by atoms with Crippen LogP contribution in [0.5, 0.6) is 0 Å². The van der Waals surface area contributed by atoms with Crippen LogP contribution in [-0.2, 0) is 42.2 Å². The number of hydrogen-bond donors (Lipinski definition) is 1. The van der Waals surface area contributed by atoms with Crippen LogP contribution in [0.3, 0.4) is 0 Å². The van der Waals surface area contributed by atoms with Gasteiger partial charge in [0.25, 0.3) is 0 Å². The van der Waals surface area contributed by atoms with E-state index in [0.717, 1.165) is 6.21 Å². The summed E-state index contributed by atoms with van der Waals surface area (Å²) in [6, 6.07) is 9.28. The Labute approximate surface area is 177 Å². The molecule has 0 saturated carbocycles. The van der Waals surface area contributed by atoms with E-state index < -0.39 is 46.1 Å². The molecular formula is C18H12F4NO3Y-. The minimum Gasteiger partial charge on any atom is -0.506 e. The molecule has 2 aromatic carbocycles. The number of hydrogen-bond acceptors (Lipinski definition) is 4. The van der Waals surface area contributed by atoms with Crippen LogP contribution in [0.2, 0.25) is 0 Å². The topological polar surface area (TPSA) is 58.9 Å². The Morgan fingerprint density at radius 1 is 1.22 bits per heavy atom. The van der Waals surface area contributed by atoms with Crippen molar-refractivity contribution in [1.29, 1.82) is 0 Å². The number of aliphatic imine (C=N–C) groups is 1. The van der Waals surface area contributed by atoms with E-state index in [0.29, 0.717) is 0 Å². The first-order chi connectivity index (χ1) is 12.4. The number of halogens is 4. The average Bonchev–Trinajstić information content (AvgIpc) is 2.64. The summed E-state index contributed by atoms with van der Waals surface area (Å²) in [5.41, 5.74) is -1.46. The molecule has 139 valence electrons. The summed E-state index contributed by atoms with van der Waals surface area (Å²) in [7, 11) is 0. The Balaban J connectivity index is 0.00000364. The van der Waals surface area contributed by atoms with Gasteiger partial charge in [0.2, 0.25) is 0 Å². The van der Waals surface area contributed by atoms with Crippen LogP contribution in [-0.4, -0.2) is 23.9 Å². The minimum absolute atomic E-state index is 0. The molecule has 0 aliphatic rings. The van der Waals surface area contributed by atoms with Crippen LogP contribution < -0.4 is 0 Å². The number of carbonyl (C=O) groups is 1. The molecule has 2 aromatic rings. The van der Waals surface area contributed by atoms with E-state index in [4.69, 9.17) is 4.74 Å². The van der Waals surface area contributed by atoms with Gasteiger partial charge in [-0.05, 0) is 18.7 Å². The zero-order chi connectivity index (χ0) is 19.3. The Bertz CT molecular complexity index is 886. The Hall–Kier alpha value is -2.06. The monoisotopic (exact) mass is 455 g/mol. The molecule has 27 heavy (non-hydrogen) atoms. The molecule has 9 heteroatoms. The van der Waals surface area contributed by atoms with Gasteiger partial charge in [0.05, 0.1) is 12.2 Å². The largest absolute Gasteiger partial charge is 0.506 e. The normalized spacial score (nSPS) is 11.7. The molecule has 0 bridgehead atoms. The van der Waals surface area contributed by atoms with Crippen LogP contribution in [0.1, 0.15) is 12.5 Å². The SMILES string of the molecule is CCOC(=O)/C(C=Nc1[c-]cccc1)=C(\O)c1cc(F)c(F)c(F)c1F.[Y]. The summed E-state index contributed by atoms with van der Waals surface area (Å²) in [5, 5.41) is 10.2. The number of benzene rings is 2. The van der Waals surface area contributed by atoms with Crippen molar-refractivity contribution in [3.63, 3.8) is 0 Å².